The van der Waals surface area contributed by atoms with Crippen molar-refractivity contribution in [2.75, 3.05) is 19.6 Å². The molecule has 0 spiro atoms. The van der Waals surface area contributed by atoms with Crippen LogP contribution in [0.2, 0.25) is 0 Å². The summed E-state index contributed by atoms with van der Waals surface area (Å²) in [6, 6.07) is 3.23. The average molecular weight is 283 g/mol. The summed E-state index contributed by atoms with van der Waals surface area (Å²) in [5, 5.41) is 9.52. The second-order valence-corrected chi connectivity index (χ2v) is 5.41. The summed E-state index contributed by atoms with van der Waals surface area (Å²) in [4.78, 5) is 14.0. The van der Waals surface area contributed by atoms with Crippen molar-refractivity contribution in [1.82, 2.24) is 4.90 Å². The Balaban J connectivity index is 1.91. The van der Waals surface area contributed by atoms with Crippen LogP contribution >= 0.6 is 0 Å². The maximum absolute atomic E-state index is 13.1. The van der Waals surface area contributed by atoms with Crippen LogP contribution < -0.4 is 0 Å². The molecule has 1 unspecified atom stereocenters. The van der Waals surface area contributed by atoms with E-state index in [0.29, 0.717) is 0 Å². The summed E-state index contributed by atoms with van der Waals surface area (Å²) in [6.07, 6.45) is 1.38. The highest BCUT2D eigenvalue weighted by Gasteiger charge is 2.24. The Morgan fingerprint density at radius 3 is 2.55 bits per heavy atom. The van der Waals surface area contributed by atoms with Gasteiger partial charge in [0, 0.05) is 5.56 Å². The van der Waals surface area contributed by atoms with Gasteiger partial charge in [0.15, 0.2) is 17.4 Å². The summed E-state index contributed by atoms with van der Waals surface area (Å²) in [6.45, 7) is 3.47. The van der Waals surface area contributed by atoms with Gasteiger partial charge in [0.05, 0.1) is 12.6 Å². The zero-order chi connectivity index (χ0) is 14.7. The number of aliphatic hydroxyl groups excluding tert-OH is 1. The van der Waals surface area contributed by atoms with Gasteiger partial charge < -0.3 is 5.11 Å². The second kappa shape index (κ2) is 6.41. The molecule has 5 heteroatoms. The Morgan fingerprint density at radius 1 is 1.35 bits per heavy atom. The molecule has 1 aliphatic heterocycles. The average Bonchev–Trinajstić information content (AvgIpc) is 2.42. The number of piperidine rings is 1. The fraction of sp³-hybridized carbons (Fsp3) is 0.533. The fourth-order valence-corrected chi connectivity index (χ4v) is 2.56. The van der Waals surface area contributed by atoms with Crippen LogP contribution in [0.5, 0.6) is 0 Å². The van der Waals surface area contributed by atoms with E-state index in [4.69, 9.17) is 0 Å². The third kappa shape index (κ3) is 3.61. The lowest BCUT2D eigenvalue weighted by molar-refractivity contribution is 0.0664. The van der Waals surface area contributed by atoms with Gasteiger partial charge in [0.2, 0.25) is 0 Å². The van der Waals surface area contributed by atoms with Crippen molar-refractivity contribution in [3.63, 3.8) is 0 Å². The molecule has 0 bridgehead atoms. The van der Waals surface area contributed by atoms with Gasteiger partial charge in [-0.15, -0.1) is 0 Å². The summed E-state index contributed by atoms with van der Waals surface area (Å²) in [7, 11) is 0. The molecule has 1 atom stereocenters. The molecule has 0 aliphatic carbocycles. The lowest BCUT2D eigenvalue weighted by Crippen LogP contribution is -2.39. The molecular weight excluding hydrogens is 264 g/mol. The summed E-state index contributed by atoms with van der Waals surface area (Å²) >= 11 is 0. The minimum absolute atomic E-state index is 0.196. The third-order valence-electron chi connectivity index (χ3n) is 3.92. The molecule has 110 valence electrons. The van der Waals surface area contributed by atoms with Crippen molar-refractivity contribution in [2.24, 2.45) is 5.92 Å². The number of hydrogen-bond donors (Lipinski definition) is 1. The van der Waals surface area contributed by atoms with Crippen LogP contribution in [-0.4, -0.2) is 41.5 Å². The lowest BCUT2D eigenvalue weighted by Gasteiger charge is -2.32. The van der Waals surface area contributed by atoms with Crippen molar-refractivity contribution in [3.05, 3.63) is 35.4 Å². The largest absolute Gasteiger partial charge is 0.393 e. The van der Waals surface area contributed by atoms with Crippen LogP contribution in [0.4, 0.5) is 8.78 Å². The SMILES string of the molecule is CC(O)C1CCN(CC(=O)c2ccc(F)c(F)c2)CC1. The number of nitrogens with zero attached hydrogens (tertiary/aromatic N) is 1. The number of likely N-dealkylation sites (tertiary alicyclic amines) is 1. The van der Waals surface area contributed by atoms with E-state index in [-0.39, 0.29) is 29.9 Å². The Kier molecular flexibility index (Phi) is 4.83. The molecule has 0 radical (unpaired) electrons. The number of rotatable bonds is 4. The molecule has 1 N–H and O–H groups in total. The van der Waals surface area contributed by atoms with Gasteiger partial charge in [0.1, 0.15) is 0 Å². The number of carbonyl (C=O) groups is 1. The van der Waals surface area contributed by atoms with Crippen LogP contribution in [0.15, 0.2) is 18.2 Å². The van der Waals surface area contributed by atoms with Crippen LogP contribution in [-0.2, 0) is 0 Å². The predicted molar refractivity (Wildman–Crippen MR) is 71.5 cm³/mol. The zero-order valence-electron chi connectivity index (χ0n) is 11.5. The maximum atomic E-state index is 13.1. The van der Waals surface area contributed by atoms with Crippen LogP contribution in [0.3, 0.4) is 0 Å². The van der Waals surface area contributed by atoms with Gasteiger partial charge >= 0.3 is 0 Å². The van der Waals surface area contributed by atoms with Gasteiger partial charge in [0.25, 0.3) is 0 Å². The first kappa shape index (κ1) is 15.1. The van der Waals surface area contributed by atoms with Gasteiger partial charge in [-0.1, -0.05) is 0 Å². The highest BCUT2D eigenvalue weighted by molar-refractivity contribution is 5.97. The van der Waals surface area contributed by atoms with Crippen LogP contribution in [0.25, 0.3) is 0 Å². The molecule has 1 aliphatic rings. The topological polar surface area (TPSA) is 40.5 Å². The molecule has 1 heterocycles. The monoisotopic (exact) mass is 283 g/mol. The first-order chi connectivity index (χ1) is 9.47. The Hall–Kier alpha value is -1.33. The zero-order valence-corrected chi connectivity index (χ0v) is 11.5. The molecule has 2 rings (SSSR count). The van der Waals surface area contributed by atoms with Gasteiger partial charge in [-0.3, -0.25) is 9.69 Å². The molecule has 20 heavy (non-hydrogen) atoms. The van der Waals surface area contributed by atoms with E-state index in [1.807, 2.05) is 4.90 Å². The van der Waals surface area contributed by atoms with E-state index in [1.54, 1.807) is 6.92 Å². The molecule has 1 aromatic rings. The molecule has 1 aromatic carbocycles. The summed E-state index contributed by atoms with van der Waals surface area (Å²) in [5.41, 5.74) is 0.196. The van der Waals surface area contributed by atoms with Crippen molar-refractivity contribution < 1.29 is 18.7 Å². The van der Waals surface area contributed by atoms with Crippen molar-refractivity contribution >= 4 is 5.78 Å². The molecule has 3 nitrogen and oxygen atoms in total. The minimum atomic E-state index is -0.997. The molecule has 0 amide bonds. The Labute approximate surface area is 117 Å². The number of Topliss-reactive ketones (excluding diaryl/α,β-unsaturated/α-hetero) is 1. The Morgan fingerprint density at radius 2 is 2.00 bits per heavy atom. The van der Waals surface area contributed by atoms with E-state index in [9.17, 15) is 18.7 Å². The molecular formula is C15H19F2NO2. The molecule has 1 saturated heterocycles. The first-order valence-corrected chi connectivity index (χ1v) is 6.86. The van der Waals surface area contributed by atoms with E-state index < -0.39 is 11.6 Å². The summed E-state index contributed by atoms with van der Waals surface area (Å²) < 4.78 is 25.9. The Bertz CT molecular complexity index is 483. The van der Waals surface area contributed by atoms with Crippen molar-refractivity contribution in [1.29, 1.82) is 0 Å². The first-order valence-electron chi connectivity index (χ1n) is 6.86. The normalized spacial score (nSPS) is 19.0. The number of aliphatic hydroxyl groups is 1. The highest BCUT2D eigenvalue weighted by Crippen LogP contribution is 2.20. The van der Waals surface area contributed by atoms with E-state index in [2.05, 4.69) is 0 Å². The van der Waals surface area contributed by atoms with Crippen molar-refractivity contribution in [2.45, 2.75) is 25.9 Å². The second-order valence-electron chi connectivity index (χ2n) is 5.41. The lowest BCUT2D eigenvalue weighted by atomic mass is 9.92. The number of hydrogen-bond acceptors (Lipinski definition) is 3. The van der Waals surface area contributed by atoms with E-state index >= 15 is 0 Å². The van der Waals surface area contributed by atoms with Gasteiger partial charge in [-0.25, -0.2) is 8.78 Å². The van der Waals surface area contributed by atoms with Crippen LogP contribution in [0, 0.1) is 17.6 Å². The van der Waals surface area contributed by atoms with Gasteiger partial charge in [-0.05, 0) is 57.0 Å². The fourth-order valence-electron chi connectivity index (χ4n) is 2.56. The maximum Gasteiger partial charge on any atom is 0.176 e. The smallest absolute Gasteiger partial charge is 0.176 e. The van der Waals surface area contributed by atoms with E-state index in [0.717, 1.165) is 38.1 Å². The van der Waals surface area contributed by atoms with Crippen LogP contribution in [0.1, 0.15) is 30.1 Å². The number of ketones is 1. The molecule has 0 saturated carbocycles. The quantitative estimate of drug-likeness (QED) is 0.862. The minimum Gasteiger partial charge on any atom is -0.393 e. The molecule has 0 aromatic heterocycles. The van der Waals surface area contributed by atoms with E-state index in [1.165, 1.54) is 6.07 Å². The number of halogens is 2. The standard InChI is InChI=1S/C15H19F2NO2/c1-10(19)11-4-6-18(7-5-11)9-15(20)12-2-3-13(16)14(17)8-12/h2-3,8,10-11,19H,4-7,9H2,1H3. The van der Waals surface area contributed by atoms with Crippen molar-refractivity contribution in [3.8, 4) is 0 Å². The number of carbonyl (C=O) groups excluding carboxylic acids is 1. The number of benzene rings is 1. The highest BCUT2D eigenvalue weighted by atomic mass is 19.2. The third-order valence-corrected chi connectivity index (χ3v) is 3.92. The van der Waals surface area contributed by atoms with Gasteiger partial charge in [-0.2, -0.15) is 0 Å². The summed E-state index contributed by atoms with van der Waals surface area (Å²) in [5.74, 6) is -1.87. The molecule has 1 fully saturated rings. The predicted octanol–water partition coefficient (Wildman–Crippen LogP) is 2.24.